The Bertz CT molecular complexity index is 1240. The lowest BCUT2D eigenvalue weighted by Gasteiger charge is -2.35. The molecule has 0 saturated carbocycles. The van der Waals surface area contributed by atoms with Crippen LogP contribution in [-0.2, 0) is 30.9 Å². The van der Waals surface area contributed by atoms with Crippen molar-refractivity contribution in [1.82, 2.24) is 25.2 Å². The number of benzene rings is 1. The normalized spacial score (nSPS) is 16.2. The third-order valence-corrected chi connectivity index (χ3v) is 6.44. The van der Waals surface area contributed by atoms with Gasteiger partial charge in [-0.15, -0.1) is 5.10 Å². The van der Waals surface area contributed by atoms with Crippen LogP contribution in [0.1, 0.15) is 45.5 Å². The molecule has 0 spiro atoms. The van der Waals surface area contributed by atoms with E-state index >= 15 is 0 Å². The molecule has 3 aromatic rings. The SMILES string of the molecule is COC(=O)c1cncc(CN2CCCC(N(C)c3nnn(C)n3)Cc3cc(C)c(C(F)(F)F)cc32)c1. The summed E-state index contributed by atoms with van der Waals surface area (Å²) in [7, 11) is 4.85. The number of fused-ring (bicyclic) bond motifs is 1. The van der Waals surface area contributed by atoms with Gasteiger partial charge in [-0.3, -0.25) is 4.98 Å². The maximum absolute atomic E-state index is 13.8. The molecule has 3 heterocycles. The number of anilines is 2. The summed E-state index contributed by atoms with van der Waals surface area (Å²) in [4.78, 5) is 21.3. The molecule has 1 aliphatic rings. The summed E-state index contributed by atoms with van der Waals surface area (Å²) in [5.41, 5.74) is 1.83. The van der Waals surface area contributed by atoms with Crippen molar-refractivity contribution in [3.05, 3.63) is 58.4 Å². The van der Waals surface area contributed by atoms with Crippen molar-refractivity contribution in [3.8, 4) is 0 Å². The molecule has 0 bridgehead atoms. The molecule has 1 unspecified atom stereocenters. The van der Waals surface area contributed by atoms with Gasteiger partial charge in [0, 0.05) is 44.3 Å². The van der Waals surface area contributed by atoms with Gasteiger partial charge in [0.25, 0.3) is 5.95 Å². The number of ether oxygens (including phenoxy) is 1. The first-order valence-corrected chi connectivity index (χ1v) is 11.5. The number of hydrogen-bond donors (Lipinski definition) is 0. The Morgan fingerprint density at radius 3 is 2.69 bits per heavy atom. The third-order valence-electron chi connectivity index (χ3n) is 6.44. The number of rotatable bonds is 5. The van der Waals surface area contributed by atoms with E-state index in [1.165, 1.54) is 31.1 Å². The minimum absolute atomic E-state index is 0.0180. The van der Waals surface area contributed by atoms with E-state index in [0.717, 1.165) is 18.4 Å². The number of aromatic nitrogens is 5. The number of carbonyl (C=O) groups excluding carboxylic acids is 1. The molecule has 1 atom stereocenters. The lowest BCUT2D eigenvalue weighted by molar-refractivity contribution is -0.138. The zero-order valence-corrected chi connectivity index (χ0v) is 20.6. The Kier molecular flexibility index (Phi) is 7.14. The van der Waals surface area contributed by atoms with Gasteiger partial charge in [0.15, 0.2) is 0 Å². The molecule has 0 amide bonds. The summed E-state index contributed by atoms with van der Waals surface area (Å²) in [5, 5.41) is 12.3. The van der Waals surface area contributed by atoms with Crippen LogP contribution in [-0.4, -0.2) is 57.9 Å². The number of halogens is 3. The highest BCUT2D eigenvalue weighted by Crippen LogP contribution is 2.38. The Morgan fingerprint density at radius 1 is 1.25 bits per heavy atom. The summed E-state index contributed by atoms with van der Waals surface area (Å²) >= 11 is 0. The molecular weight excluding hydrogens is 475 g/mol. The molecule has 2 aromatic heterocycles. The van der Waals surface area contributed by atoms with Gasteiger partial charge >= 0.3 is 12.1 Å². The smallest absolute Gasteiger partial charge is 0.416 e. The fourth-order valence-corrected chi connectivity index (χ4v) is 4.61. The topological polar surface area (TPSA) is 89.3 Å². The molecular formula is C24H28F3N7O2. The number of aryl methyl sites for hydroxylation is 2. The highest BCUT2D eigenvalue weighted by molar-refractivity contribution is 5.89. The minimum atomic E-state index is -4.47. The maximum Gasteiger partial charge on any atom is 0.416 e. The number of tetrazole rings is 1. The molecule has 36 heavy (non-hydrogen) atoms. The van der Waals surface area contributed by atoms with Crippen molar-refractivity contribution in [2.24, 2.45) is 7.05 Å². The Morgan fingerprint density at radius 2 is 2.03 bits per heavy atom. The first-order valence-electron chi connectivity index (χ1n) is 11.5. The number of likely N-dealkylation sites (N-methyl/N-ethyl adjacent to an activating group) is 1. The first kappa shape index (κ1) is 25.4. The van der Waals surface area contributed by atoms with Crippen molar-refractivity contribution in [3.63, 3.8) is 0 Å². The highest BCUT2D eigenvalue weighted by Gasteiger charge is 2.35. The van der Waals surface area contributed by atoms with Gasteiger partial charge in [-0.2, -0.15) is 18.0 Å². The van der Waals surface area contributed by atoms with Crippen molar-refractivity contribution in [2.75, 3.05) is 30.5 Å². The van der Waals surface area contributed by atoms with Gasteiger partial charge in [0.05, 0.1) is 25.3 Å². The largest absolute Gasteiger partial charge is 0.465 e. The minimum Gasteiger partial charge on any atom is -0.465 e. The molecule has 4 rings (SSSR count). The summed E-state index contributed by atoms with van der Waals surface area (Å²) in [6.07, 6.45) is 0.571. The van der Waals surface area contributed by atoms with Crippen LogP contribution in [0.15, 0.2) is 30.6 Å². The maximum atomic E-state index is 13.8. The Balaban J connectivity index is 1.72. The van der Waals surface area contributed by atoms with Crippen LogP contribution < -0.4 is 9.80 Å². The zero-order chi connectivity index (χ0) is 26.0. The summed E-state index contributed by atoms with van der Waals surface area (Å²) in [6, 6.07) is 4.51. The second-order valence-electron chi connectivity index (χ2n) is 8.98. The van der Waals surface area contributed by atoms with Crippen LogP contribution in [0, 0.1) is 6.92 Å². The molecule has 12 heteroatoms. The van der Waals surface area contributed by atoms with Gasteiger partial charge in [-0.05, 0) is 60.2 Å². The average molecular weight is 504 g/mol. The van der Waals surface area contributed by atoms with E-state index in [2.05, 4.69) is 20.4 Å². The van der Waals surface area contributed by atoms with Crippen LogP contribution in [0.3, 0.4) is 0 Å². The zero-order valence-electron chi connectivity index (χ0n) is 20.6. The van der Waals surface area contributed by atoms with E-state index in [1.54, 1.807) is 25.4 Å². The van der Waals surface area contributed by atoms with Gasteiger partial charge in [-0.1, -0.05) is 11.2 Å². The van der Waals surface area contributed by atoms with Crippen molar-refractivity contribution in [2.45, 2.75) is 44.9 Å². The first-order chi connectivity index (χ1) is 17.1. The fourth-order valence-electron chi connectivity index (χ4n) is 4.61. The molecule has 1 aromatic carbocycles. The van der Waals surface area contributed by atoms with Crippen LogP contribution >= 0.6 is 0 Å². The quantitative estimate of drug-likeness (QED) is 0.489. The Labute approximate surface area is 206 Å². The standard InChI is InChI=1S/C24H28F3N7O2/c1-15-8-17-10-19(32(2)23-29-31-33(3)30-23)6-5-7-34(21(17)11-20(15)24(25,26)27)14-16-9-18(13-28-12-16)22(35)36-4/h8-9,11-13,19H,5-7,10,14H2,1-4H3. The number of alkyl halides is 3. The molecule has 0 N–H and O–H groups in total. The predicted octanol–water partition coefficient (Wildman–Crippen LogP) is 3.57. The molecule has 0 fully saturated rings. The second kappa shape index (κ2) is 10.1. The van der Waals surface area contributed by atoms with Gasteiger partial charge in [0.1, 0.15) is 0 Å². The van der Waals surface area contributed by atoms with E-state index in [-0.39, 0.29) is 11.6 Å². The second-order valence-corrected chi connectivity index (χ2v) is 8.98. The highest BCUT2D eigenvalue weighted by atomic mass is 19.4. The van der Waals surface area contributed by atoms with Gasteiger partial charge < -0.3 is 14.5 Å². The number of pyridine rings is 1. The number of carbonyl (C=O) groups is 1. The van der Waals surface area contributed by atoms with Crippen LogP contribution in [0.25, 0.3) is 0 Å². The van der Waals surface area contributed by atoms with Crippen molar-refractivity contribution < 1.29 is 22.7 Å². The third kappa shape index (κ3) is 5.42. The molecule has 1 aliphatic heterocycles. The number of esters is 1. The summed E-state index contributed by atoms with van der Waals surface area (Å²) < 4.78 is 46.3. The molecule has 9 nitrogen and oxygen atoms in total. The van der Waals surface area contributed by atoms with Crippen LogP contribution in [0.4, 0.5) is 24.8 Å². The number of methoxy groups -OCH3 is 1. The number of nitrogens with zero attached hydrogens (tertiary/aromatic N) is 7. The van der Waals surface area contributed by atoms with E-state index in [9.17, 15) is 18.0 Å². The summed E-state index contributed by atoms with van der Waals surface area (Å²) in [6.45, 7) is 2.31. The van der Waals surface area contributed by atoms with E-state index in [1.807, 2.05) is 16.8 Å². The number of hydrogen-bond acceptors (Lipinski definition) is 8. The average Bonchev–Trinajstić information content (AvgIpc) is 3.26. The lowest BCUT2D eigenvalue weighted by Crippen LogP contribution is -2.38. The van der Waals surface area contributed by atoms with Gasteiger partial charge in [-0.25, -0.2) is 4.79 Å². The van der Waals surface area contributed by atoms with Crippen LogP contribution in [0.5, 0.6) is 0 Å². The van der Waals surface area contributed by atoms with Gasteiger partial charge in [0.2, 0.25) is 0 Å². The van der Waals surface area contributed by atoms with Crippen molar-refractivity contribution >= 4 is 17.6 Å². The lowest BCUT2D eigenvalue weighted by atomic mass is 9.92. The molecule has 0 radical (unpaired) electrons. The van der Waals surface area contributed by atoms with Crippen LogP contribution in [0.2, 0.25) is 0 Å². The molecule has 0 aliphatic carbocycles. The van der Waals surface area contributed by atoms with E-state index in [4.69, 9.17) is 4.74 Å². The molecule has 0 saturated heterocycles. The van der Waals surface area contributed by atoms with E-state index in [0.29, 0.717) is 42.3 Å². The monoisotopic (exact) mass is 503 g/mol. The van der Waals surface area contributed by atoms with E-state index < -0.39 is 17.7 Å². The summed E-state index contributed by atoms with van der Waals surface area (Å²) in [5.74, 6) is -0.0493. The van der Waals surface area contributed by atoms with Crippen molar-refractivity contribution in [1.29, 1.82) is 0 Å². The molecule has 192 valence electrons. The fraction of sp³-hybridized carbons (Fsp3) is 0.458. The predicted molar refractivity (Wildman–Crippen MR) is 127 cm³/mol. The Hall–Kier alpha value is -3.70.